The lowest BCUT2D eigenvalue weighted by atomic mass is 10.2. The maximum Gasteiger partial charge on any atom is 0.265 e. The molecular formula is C22H19ClN4O2S. The van der Waals surface area contributed by atoms with Crippen molar-refractivity contribution in [2.75, 3.05) is 12.4 Å². The average Bonchev–Trinajstić information content (AvgIpc) is 3.31. The number of halogens is 1. The molecule has 2 aromatic heterocycles. The van der Waals surface area contributed by atoms with Crippen LogP contribution in [0.1, 0.15) is 31.3 Å². The van der Waals surface area contributed by atoms with Gasteiger partial charge in [-0.05, 0) is 42.8 Å². The summed E-state index contributed by atoms with van der Waals surface area (Å²) in [6, 6.07) is 16.3. The predicted molar refractivity (Wildman–Crippen MR) is 121 cm³/mol. The number of nitrogens with one attached hydrogen (secondary N) is 2. The highest BCUT2D eigenvalue weighted by Crippen LogP contribution is 2.30. The number of aromatic nitrogens is 2. The topological polar surface area (TPSA) is 76.0 Å². The average molecular weight is 439 g/mol. The summed E-state index contributed by atoms with van der Waals surface area (Å²) in [4.78, 5) is 26.1. The predicted octanol–water partition coefficient (Wildman–Crippen LogP) is 4.72. The molecule has 0 atom stereocenters. The van der Waals surface area contributed by atoms with Crippen molar-refractivity contribution in [3.05, 3.63) is 81.3 Å². The van der Waals surface area contributed by atoms with Gasteiger partial charge in [-0.1, -0.05) is 35.9 Å². The second-order valence-electron chi connectivity index (χ2n) is 6.78. The van der Waals surface area contributed by atoms with Crippen LogP contribution >= 0.6 is 22.9 Å². The van der Waals surface area contributed by atoms with E-state index in [4.69, 9.17) is 11.6 Å². The molecular weight excluding hydrogens is 420 g/mol. The summed E-state index contributed by atoms with van der Waals surface area (Å²) in [6.45, 7) is 2.45. The maximum absolute atomic E-state index is 12.8. The number of thiophene rings is 1. The summed E-state index contributed by atoms with van der Waals surface area (Å²) >= 11 is 7.67. The third-order valence-electron chi connectivity index (χ3n) is 4.72. The first-order valence-corrected chi connectivity index (χ1v) is 10.5. The molecule has 0 unspecified atom stereocenters. The molecule has 0 aliphatic rings. The van der Waals surface area contributed by atoms with Gasteiger partial charge in [-0.2, -0.15) is 5.10 Å². The number of aryl methyl sites for hydroxylation is 1. The van der Waals surface area contributed by atoms with E-state index in [1.54, 1.807) is 31.3 Å². The Labute approximate surface area is 182 Å². The number of nitrogens with zero attached hydrogens (tertiary/aromatic N) is 2. The zero-order valence-electron chi connectivity index (χ0n) is 16.4. The maximum atomic E-state index is 12.8. The van der Waals surface area contributed by atoms with Crippen molar-refractivity contribution in [2.24, 2.45) is 0 Å². The fourth-order valence-electron chi connectivity index (χ4n) is 3.19. The minimum absolute atomic E-state index is 0.205. The van der Waals surface area contributed by atoms with E-state index in [0.29, 0.717) is 27.7 Å². The molecule has 2 heterocycles. The van der Waals surface area contributed by atoms with Crippen LogP contribution in [0.5, 0.6) is 0 Å². The van der Waals surface area contributed by atoms with Crippen molar-refractivity contribution in [3.63, 3.8) is 0 Å². The molecule has 0 saturated heterocycles. The summed E-state index contributed by atoms with van der Waals surface area (Å²) in [5.74, 6) is -0.433. The van der Waals surface area contributed by atoms with Gasteiger partial charge in [0.1, 0.15) is 4.83 Å². The van der Waals surface area contributed by atoms with E-state index in [9.17, 15) is 9.59 Å². The lowest BCUT2D eigenvalue weighted by Gasteiger charge is -2.06. The van der Waals surface area contributed by atoms with Gasteiger partial charge in [0, 0.05) is 28.7 Å². The van der Waals surface area contributed by atoms with E-state index in [2.05, 4.69) is 15.7 Å². The smallest absolute Gasteiger partial charge is 0.265 e. The Bertz CT molecular complexity index is 1260. The third-order valence-corrected chi connectivity index (χ3v) is 6.23. The number of benzene rings is 2. The number of amides is 2. The van der Waals surface area contributed by atoms with Gasteiger partial charge in [0.2, 0.25) is 0 Å². The van der Waals surface area contributed by atoms with E-state index in [1.165, 1.54) is 11.3 Å². The first-order chi connectivity index (χ1) is 14.5. The molecule has 0 radical (unpaired) electrons. The second-order valence-corrected chi connectivity index (χ2v) is 8.22. The molecule has 2 amide bonds. The zero-order chi connectivity index (χ0) is 21.3. The van der Waals surface area contributed by atoms with Crippen molar-refractivity contribution in [1.82, 2.24) is 15.1 Å². The Hall–Kier alpha value is -3.16. The molecule has 0 aliphatic heterocycles. The molecule has 0 aliphatic carbocycles. The van der Waals surface area contributed by atoms with E-state index in [1.807, 2.05) is 41.9 Å². The molecule has 0 fully saturated rings. The number of hydrogen-bond acceptors (Lipinski definition) is 4. The minimum Gasteiger partial charge on any atom is -0.355 e. The molecule has 4 aromatic rings. The minimum atomic E-state index is -0.228. The normalized spacial score (nSPS) is 10.9. The molecule has 0 bridgehead atoms. The van der Waals surface area contributed by atoms with Crippen molar-refractivity contribution in [1.29, 1.82) is 0 Å². The number of anilines is 1. The lowest BCUT2D eigenvalue weighted by Crippen LogP contribution is -2.18. The summed E-state index contributed by atoms with van der Waals surface area (Å²) in [5, 5.41) is 11.7. The summed E-state index contributed by atoms with van der Waals surface area (Å²) < 4.78 is 1.87. The Morgan fingerprint density at radius 3 is 2.67 bits per heavy atom. The number of fused-ring (bicyclic) bond motifs is 1. The number of carbonyl (C=O) groups excluding carboxylic acids is 2. The van der Waals surface area contributed by atoms with E-state index >= 15 is 0 Å². The van der Waals surface area contributed by atoms with E-state index < -0.39 is 0 Å². The second kappa shape index (κ2) is 8.30. The van der Waals surface area contributed by atoms with Gasteiger partial charge in [-0.3, -0.25) is 14.3 Å². The highest BCUT2D eigenvalue weighted by atomic mass is 35.5. The van der Waals surface area contributed by atoms with Crippen molar-refractivity contribution >= 4 is 50.7 Å². The number of rotatable bonds is 5. The zero-order valence-corrected chi connectivity index (χ0v) is 18.0. The van der Waals surface area contributed by atoms with Crippen LogP contribution in [0.15, 0.2) is 54.6 Å². The van der Waals surface area contributed by atoms with Crippen LogP contribution in [0, 0.1) is 6.92 Å². The van der Waals surface area contributed by atoms with Gasteiger partial charge < -0.3 is 10.6 Å². The van der Waals surface area contributed by atoms with Crippen LogP contribution in [-0.2, 0) is 6.54 Å². The Morgan fingerprint density at radius 2 is 1.90 bits per heavy atom. The van der Waals surface area contributed by atoms with Gasteiger partial charge in [0.15, 0.2) is 0 Å². The Kier molecular flexibility index (Phi) is 5.57. The van der Waals surface area contributed by atoms with Gasteiger partial charge >= 0.3 is 0 Å². The van der Waals surface area contributed by atoms with Gasteiger partial charge in [-0.15, -0.1) is 11.3 Å². The van der Waals surface area contributed by atoms with Crippen molar-refractivity contribution < 1.29 is 9.59 Å². The molecule has 30 heavy (non-hydrogen) atoms. The van der Waals surface area contributed by atoms with Gasteiger partial charge in [-0.25, -0.2) is 0 Å². The Balaban J connectivity index is 1.60. The molecule has 0 spiro atoms. The van der Waals surface area contributed by atoms with Gasteiger partial charge in [0.05, 0.1) is 17.1 Å². The molecule has 2 aromatic carbocycles. The number of carbonyl (C=O) groups is 2. The largest absolute Gasteiger partial charge is 0.355 e. The monoisotopic (exact) mass is 438 g/mol. The molecule has 152 valence electrons. The summed E-state index contributed by atoms with van der Waals surface area (Å²) in [5.41, 5.74) is 2.87. The van der Waals surface area contributed by atoms with Crippen molar-refractivity contribution in [3.8, 4) is 0 Å². The van der Waals surface area contributed by atoms with Crippen molar-refractivity contribution in [2.45, 2.75) is 13.5 Å². The summed E-state index contributed by atoms with van der Waals surface area (Å²) in [6.07, 6.45) is 0. The molecule has 4 rings (SSSR count). The van der Waals surface area contributed by atoms with Crippen LogP contribution < -0.4 is 10.6 Å². The molecule has 8 heteroatoms. The molecule has 2 N–H and O–H groups in total. The first kappa shape index (κ1) is 20.1. The first-order valence-electron chi connectivity index (χ1n) is 9.30. The van der Waals surface area contributed by atoms with E-state index in [0.717, 1.165) is 21.5 Å². The summed E-state index contributed by atoms with van der Waals surface area (Å²) in [7, 11) is 1.57. The van der Waals surface area contributed by atoms with Crippen LogP contribution in [0.2, 0.25) is 5.02 Å². The van der Waals surface area contributed by atoms with Crippen LogP contribution in [-0.4, -0.2) is 28.6 Å². The van der Waals surface area contributed by atoms with Crippen LogP contribution in [0.4, 0.5) is 5.69 Å². The number of hydrogen-bond donors (Lipinski definition) is 2. The lowest BCUT2D eigenvalue weighted by molar-refractivity contribution is 0.0961. The van der Waals surface area contributed by atoms with Crippen LogP contribution in [0.25, 0.3) is 10.2 Å². The molecule has 6 nitrogen and oxygen atoms in total. The standard InChI is InChI=1S/C22H19ClN4O2S/c1-13-17-11-19(21(29)25-16-8-5-7-14(10-16)20(28)24-2)30-22(17)27(26-13)12-15-6-3-4-9-18(15)23/h3-11H,12H2,1-2H3,(H,24,28)(H,25,29). The van der Waals surface area contributed by atoms with E-state index in [-0.39, 0.29) is 11.8 Å². The van der Waals surface area contributed by atoms with Gasteiger partial charge in [0.25, 0.3) is 11.8 Å². The fourth-order valence-corrected chi connectivity index (χ4v) is 4.45. The van der Waals surface area contributed by atoms with Crippen LogP contribution in [0.3, 0.4) is 0 Å². The highest BCUT2D eigenvalue weighted by molar-refractivity contribution is 7.20. The fraction of sp³-hybridized carbons (Fsp3) is 0.136. The third kappa shape index (κ3) is 3.94. The quantitative estimate of drug-likeness (QED) is 0.473. The highest BCUT2D eigenvalue weighted by Gasteiger charge is 2.17. The Morgan fingerprint density at radius 1 is 1.10 bits per heavy atom. The molecule has 0 saturated carbocycles. The SMILES string of the molecule is CNC(=O)c1cccc(NC(=O)c2cc3c(C)nn(Cc4ccccc4Cl)c3s2)c1.